The zero-order valence-electron chi connectivity index (χ0n) is 14.0. The highest BCUT2D eigenvalue weighted by Crippen LogP contribution is 2.27. The van der Waals surface area contributed by atoms with Crippen LogP contribution >= 0.6 is 0 Å². The summed E-state index contributed by atoms with van der Waals surface area (Å²) in [6.45, 7) is 6.12. The highest BCUT2D eigenvalue weighted by atomic mass is 16.2. The normalized spacial score (nSPS) is 17.8. The van der Waals surface area contributed by atoms with E-state index in [4.69, 9.17) is 0 Å². The molecular formula is C16H22N6O. The maximum absolute atomic E-state index is 12.7. The van der Waals surface area contributed by atoms with Crippen LogP contribution in [0.2, 0.25) is 0 Å². The molecule has 1 aliphatic heterocycles. The number of aromatic nitrogens is 4. The minimum atomic E-state index is -0.414. The standard InChI is InChI=1S/C16H22N6O/c1-11-5-6-13(17-9-11)10-21-7-8-22-12(2)18-19-15(22)14(21)16(23)20(3)4/h5-6,9,14H,7-8,10H2,1-4H3. The third-order valence-corrected chi connectivity index (χ3v) is 4.20. The molecule has 0 aliphatic carbocycles. The summed E-state index contributed by atoms with van der Waals surface area (Å²) in [6.07, 6.45) is 1.86. The molecule has 3 rings (SSSR count). The first-order valence-electron chi connectivity index (χ1n) is 7.74. The van der Waals surface area contributed by atoms with Crippen LogP contribution in [0.4, 0.5) is 0 Å². The van der Waals surface area contributed by atoms with Crippen molar-refractivity contribution in [2.45, 2.75) is 33.0 Å². The summed E-state index contributed by atoms with van der Waals surface area (Å²) in [4.78, 5) is 20.9. The Hall–Kier alpha value is -2.28. The third-order valence-electron chi connectivity index (χ3n) is 4.20. The molecule has 0 spiro atoms. The topological polar surface area (TPSA) is 67.2 Å². The van der Waals surface area contributed by atoms with Crippen LogP contribution in [0.3, 0.4) is 0 Å². The number of hydrogen-bond donors (Lipinski definition) is 0. The largest absolute Gasteiger partial charge is 0.347 e. The molecule has 3 heterocycles. The SMILES string of the molecule is Cc1ccc(CN2CCn3c(C)nnc3C2C(=O)N(C)C)nc1. The Bertz CT molecular complexity index is 706. The van der Waals surface area contributed by atoms with Gasteiger partial charge >= 0.3 is 0 Å². The molecule has 1 unspecified atom stereocenters. The second-order valence-corrected chi connectivity index (χ2v) is 6.19. The van der Waals surface area contributed by atoms with E-state index in [1.165, 1.54) is 0 Å². The molecule has 0 fully saturated rings. The van der Waals surface area contributed by atoms with Gasteiger partial charge in [0.15, 0.2) is 11.9 Å². The summed E-state index contributed by atoms with van der Waals surface area (Å²) < 4.78 is 2.03. The van der Waals surface area contributed by atoms with E-state index in [1.807, 2.05) is 36.7 Å². The number of nitrogens with zero attached hydrogens (tertiary/aromatic N) is 6. The molecule has 0 saturated carbocycles. The lowest BCUT2D eigenvalue weighted by molar-refractivity contribution is -0.136. The van der Waals surface area contributed by atoms with Crippen molar-refractivity contribution in [2.75, 3.05) is 20.6 Å². The summed E-state index contributed by atoms with van der Waals surface area (Å²) >= 11 is 0. The van der Waals surface area contributed by atoms with Gasteiger partial charge < -0.3 is 9.47 Å². The predicted molar refractivity (Wildman–Crippen MR) is 85.6 cm³/mol. The van der Waals surface area contributed by atoms with Gasteiger partial charge in [-0.25, -0.2) is 0 Å². The lowest BCUT2D eigenvalue weighted by Crippen LogP contribution is -2.45. The van der Waals surface area contributed by atoms with E-state index in [2.05, 4.69) is 20.1 Å². The van der Waals surface area contributed by atoms with E-state index >= 15 is 0 Å². The van der Waals surface area contributed by atoms with Gasteiger partial charge in [-0.15, -0.1) is 10.2 Å². The van der Waals surface area contributed by atoms with Gasteiger partial charge in [0.2, 0.25) is 5.91 Å². The Morgan fingerprint density at radius 2 is 2.04 bits per heavy atom. The molecule has 7 heteroatoms. The number of likely N-dealkylation sites (N-methyl/N-ethyl adjacent to an activating group) is 1. The molecule has 2 aromatic rings. The van der Waals surface area contributed by atoms with Crippen molar-refractivity contribution in [3.8, 4) is 0 Å². The molecule has 0 N–H and O–H groups in total. The summed E-state index contributed by atoms with van der Waals surface area (Å²) in [5.41, 5.74) is 2.08. The average Bonchev–Trinajstić information content (AvgIpc) is 2.90. The van der Waals surface area contributed by atoms with E-state index in [-0.39, 0.29) is 5.91 Å². The monoisotopic (exact) mass is 314 g/mol. The zero-order valence-corrected chi connectivity index (χ0v) is 14.0. The number of amides is 1. The van der Waals surface area contributed by atoms with Gasteiger partial charge in [-0.3, -0.25) is 14.7 Å². The van der Waals surface area contributed by atoms with Gasteiger partial charge in [0.1, 0.15) is 5.82 Å². The van der Waals surface area contributed by atoms with Crippen LogP contribution in [0.15, 0.2) is 18.3 Å². The van der Waals surface area contributed by atoms with Crippen LogP contribution in [-0.4, -0.2) is 56.1 Å². The lowest BCUT2D eigenvalue weighted by atomic mass is 10.1. The predicted octanol–water partition coefficient (Wildman–Crippen LogP) is 0.935. The third kappa shape index (κ3) is 2.96. The summed E-state index contributed by atoms with van der Waals surface area (Å²) in [5.74, 6) is 1.59. The number of rotatable bonds is 3. The maximum Gasteiger partial charge on any atom is 0.247 e. The smallest absolute Gasteiger partial charge is 0.247 e. The molecular weight excluding hydrogens is 292 g/mol. The van der Waals surface area contributed by atoms with Gasteiger partial charge in [0, 0.05) is 39.9 Å². The summed E-state index contributed by atoms with van der Waals surface area (Å²) in [7, 11) is 3.54. The minimum absolute atomic E-state index is 0.0189. The van der Waals surface area contributed by atoms with Crippen LogP contribution in [0.5, 0.6) is 0 Å². The highest BCUT2D eigenvalue weighted by Gasteiger charge is 2.37. The van der Waals surface area contributed by atoms with Crippen molar-refractivity contribution < 1.29 is 4.79 Å². The number of pyridine rings is 1. The molecule has 2 aromatic heterocycles. The van der Waals surface area contributed by atoms with Crippen molar-refractivity contribution in [3.05, 3.63) is 41.2 Å². The first-order chi connectivity index (χ1) is 11.0. The van der Waals surface area contributed by atoms with Gasteiger partial charge in [-0.1, -0.05) is 6.07 Å². The van der Waals surface area contributed by atoms with Crippen LogP contribution in [0.25, 0.3) is 0 Å². The minimum Gasteiger partial charge on any atom is -0.347 e. The van der Waals surface area contributed by atoms with Gasteiger partial charge in [-0.05, 0) is 25.5 Å². The second-order valence-electron chi connectivity index (χ2n) is 6.19. The summed E-state index contributed by atoms with van der Waals surface area (Å²) in [5, 5.41) is 8.39. The van der Waals surface area contributed by atoms with Crippen LogP contribution in [0.1, 0.15) is 28.9 Å². The second kappa shape index (κ2) is 6.08. The van der Waals surface area contributed by atoms with E-state index in [0.717, 1.165) is 36.0 Å². The van der Waals surface area contributed by atoms with Crippen molar-refractivity contribution >= 4 is 5.91 Å². The lowest BCUT2D eigenvalue weighted by Gasteiger charge is -2.35. The Balaban J connectivity index is 1.92. The molecule has 7 nitrogen and oxygen atoms in total. The van der Waals surface area contributed by atoms with Crippen molar-refractivity contribution in [2.24, 2.45) is 0 Å². The van der Waals surface area contributed by atoms with Gasteiger partial charge in [0.25, 0.3) is 0 Å². The molecule has 1 amide bonds. The molecule has 0 bridgehead atoms. The number of carbonyl (C=O) groups excluding carboxylic acids is 1. The van der Waals surface area contributed by atoms with E-state index < -0.39 is 6.04 Å². The maximum atomic E-state index is 12.7. The molecule has 0 radical (unpaired) electrons. The molecule has 0 saturated heterocycles. The number of carbonyl (C=O) groups is 1. The molecule has 1 atom stereocenters. The first-order valence-corrected chi connectivity index (χ1v) is 7.74. The van der Waals surface area contributed by atoms with Gasteiger partial charge in [0.05, 0.1) is 5.69 Å². The van der Waals surface area contributed by atoms with E-state index in [0.29, 0.717) is 6.54 Å². The first kappa shape index (κ1) is 15.6. The molecule has 1 aliphatic rings. The van der Waals surface area contributed by atoms with Gasteiger partial charge in [-0.2, -0.15) is 0 Å². The number of fused-ring (bicyclic) bond motifs is 1. The zero-order chi connectivity index (χ0) is 16.6. The Kier molecular flexibility index (Phi) is 4.12. The number of hydrogen-bond acceptors (Lipinski definition) is 5. The van der Waals surface area contributed by atoms with Crippen molar-refractivity contribution in [3.63, 3.8) is 0 Å². The molecule has 122 valence electrons. The average molecular weight is 314 g/mol. The van der Waals surface area contributed by atoms with Crippen LogP contribution < -0.4 is 0 Å². The van der Waals surface area contributed by atoms with Crippen molar-refractivity contribution in [1.82, 2.24) is 29.5 Å². The summed E-state index contributed by atoms with van der Waals surface area (Å²) in [6, 6.07) is 3.64. The quantitative estimate of drug-likeness (QED) is 0.843. The van der Waals surface area contributed by atoms with E-state index in [1.54, 1.807) is 19.0 Å². The fourth-order valence-corrected chi connectivity index (χ4v) is 2.88. The van der Waals surface area contributed by atoms with E-state index in [9.17, 15) is 4.79 Å². The Morgan fingerprint density at radius 3 is 2.70 bits per heavy atom. The fourth-order valence-electron chi connectivity index (χ4n) is 2.88. The molecule has 0 aromatic carbocycles. The van der Waals surface area contributed by atoms with Crippen LogP contribution in [0, 0.1) is 13.8 Å². The number of aryl methyl sites for hydroxylation is 2. The van der Waals surface area contributed by atoms with Crippen molar-refractivity contribution in [1.29, 1.82) is 0 Å². The Morgan fingerprint density at radius 1 is 1.26 bits per heavy atom. The highest BCUT2D eigenvalue weighted by molar-refractivity contribution is 5.82. The van der Waals surface area contributed by atoms with Crippen LogP contribution in [-0.2, 0) is 17.9 Å². The Labute approximate surface area is 135 Å². The molecule has 23 heavy (non-hydrogen) atoms. The fraction of sp³-hybridized carbons (Fsp3) is 0.500.